The van der Waals surface area contributed by atoms with Crippen LogP contribution < -0.4 is 5.32 Å². The van der Waals surface area contributed by atoms with Crippen LogP contribution in [0.1, 0.15) is 316 Å². The largest absolute Gasteiger partial charge is 0.454 e. The Bertz CT molecular complexity index is 1560. The minimum Gasteiger partial charge on any atom is -0.454 e. The first-order valence-corrected chi connectivity index (χ1v) is 34.6. The molecule has 1 aliphatic heterocycles. The van der Waals surface area contributed by atoms with Crippen LogP contribution in [0.3, 0.4) is 0 Å². The number of aliphatic hydroxyl groups is 5. The molecule has 8 unspecified atom stereocenters. The van der Waals surface area contributed by atoms with E-state index in [1.165, 1.54) is 193 Å². The Morgan fingerprint density at radius 2 is 0.841 bits per heavy atom. The quantitative estimate of drug-likeness (QED) is 0.0195. The standard InChI is InChI=1S/C71H129NO10/c1-4-7-10-13-16-19-22-25-27-28-29-30-31-32-33-34-35-36-37-38-40-43-46-49-52-55-58-64(75)70(79)72-62(63(74)57-54-51-48-45-42-39-24-21-18-15-12-9-6-3)61-80-71-69(68(78)67(77)65(60-73)81-71)82-66(76)59-56-53-50-47-44-41-26-23-20-17-14-11-8-5-2/h16,19,25,27,29-30,41,44,54,57,62-65,67-69,71,73-75,77-78H,4-15,17-18,20-24,26,28,31-40,42-43,45-53,55-56,58-61H2,1-3H3,(H,72,79)/b19-16-,27-25-,30-29-,44-41-,57-54+. The van der Waals surface area contributed by atoms with Crippen LogP contribution in [0.2, 0.25) is 0 Å². The second-order valence-corrected chi connectivity index (χ2v) is 23.9. The lowest BCUT2D eigenvalue weighted by atomic mass is 9.99. The maximum Gasteiger partial charge on any atom is 0.306 e. The summed E-state index contributed by atoms with van der Waals surface area (Å²) >= 11 is 0. The summed E-state index contributed by atoms with van der Waals surface area (Å²) < 4.78 is 17.6. The number of carbonyl (C=O) groups is 2. The number of allylic oxidation sites excluding steroid dienone is 9. The number of amides is 1. The van der Waals surface area contributed by atoms with Crippen molar-refractivity contribution in [3.63, 3.8) is 0 Å². The molecular weight excluding hydrogens is 1030 g/mol. The average Bonchev–Trinajstić information content (AvgIpc) is 3.55. The van der Waals surface area contributed by atoms with Gasteiger partial charge in [-0.1, -0.05) is 281 Å². The second kappa shape index (κ2) is 58.7. The van der Waals surface area contributed by atoms with Gasteiger partial charge < -0.3 is 45.1 Å². The smallest absolute Gasteiger partial charge is 0.306 e. The van der Waals surface area contributed by atoms with Crippen molar-refractivity contribution in [2.24, 2.45) is 0 Å². The van der Waals surface area contributed by atoms with Gasteiger partial charge in [-0.15, -0.1) is 0 Å². The lowest BCUT2D eigenvalue weighted by Gasteiger charge is -2.41. The van der Waals surface area contributed by atoms with Gasteiger partial charge in [-0.25, -0.2) is 0 Å². The molecule has 0 aliphatic carbocycles. The number of unbranched alkanes of at least 4 members (excludes halogenated alkanes) is 37. The van der Waals surface area contributed by atoms with Crippen LogP contribution in [0.25, 0.3) is 0 Å². The summed E-state index contributed by atoms with van der Waals surface area (Å²) in [6.07, 6.45) is 64.1. The van der Waals surface area contributed by atoms with Gasteiger partial charge in [0.05, 0.1) is 25.4 Å². The molecule has 0 aromatic carbocycles. The predicted molar refractivity (Wildman–Crippen MR) is 343 cm³/mol. The average molecular weight is 1160 g/mol. The number of hydrogen-bond donors (Lipinski definition) is 6. The molecule has 0 aromatic rings. The summed E-state index contributed by atoms with van der Waals surface area (Å²) in [7, 11) is 0. The van der Waals surface area contributed by atoms with Crippen LogP contribution in [-0.4, -0.2) is 99.6 Å². The fraction of sp³-hybridized carbons (Fsp3) is 0.831. The Kier molecular flexibility index (Phi) is 55.4. The zero-order valence-electron chi connectivity index (χ0n) is 53.1. The summed E-state index contributed by atoms with van der Waals surface area (Å²) in [6, 6.07) is -1.03. The van der Waals surface area contributed by atoms with Crippen molar-refractivity contribution in [2.45, 2.75) is 365 Å². The molecule has 8 atom stereocenters. The fourth-order valence-electron chi connectivity index (χ4n) is 10.7. The molecule has 0 spiro atoms. The summed E-state index contributed by atoms with van der Waals surface area (Å²) in [5, 5.41) is 57.1. The second-order valence-electron chi connectivity index (χ2n) is 23.9. The van der Waals surface area contributed by atoms with E-state index in [0.29, 0.717) is 12.8 Å². The lowest BCUT2D eigenvalue weighted by molar-refractivity contribution is -0.305. The Hall–Kier alpha value is -2.64. The highest BCUT2D eigenvalue weighted by molar-refractivity contribution is 5.80. The zero-order chi connectivity index (χ0) is 59.6. The summed E-state index contributed by atoms with van der Waals surface area (Å²) in [5.41, 5.74) is 0. The van der Waals surface area contributed by atoms with Crippen LogP contribution in [-0.2, 0) is 23.8 Å². The van der Waals surface area contributed by atoms with Crippen LogP contribution in [0.15, 0.2) is 60.8 Å². The van der Waals surface area contributed by atoms with Crippen LogP contribution in [0, 0.1) is 0 Å². The molecule has 0 aromatic heterocycles. The van der Waals surface area contributed by atoms with E-state index in [1.54, 1.807) is 6.08 Å². The van der Waals surface area contributed by atoms with E-state index in [0.717, 1.165) is 77.0 Å². The van der Waals surface area contributed by atoms with E-state index < -0.39 is 67.4 Å². The van der Waals surface area contributed by atoms with Crippen molar-refractivity contribution < 1.29 is 49.3 Å². The van der Waals surface area contributed by atoms with E-state index in [1.807, 2.05) is 6.08 Å². The molecule has 1 fully saturated rings. The zero-order valence-corrected chi connectivity index (χ0v) is 53.1. The summed E-state index contributed by atoms with van der Waals surface area (Å²) in [5.74, 6) is -1.20. The van der Waals surface area contributed by atoms with Gasteiger partial charge in [0.2, 0.25) is 5.91 Å². The number of rotatable bonds is 59. The SMILES string of the molecule is CCCCC/C=C\C/C=C\C/C=C\CCCCCCCCCCCCCCCC(O)C(=O)NC(COC1OC(CO)C(O)C(O)C1OC(=O)CCCCC/C=C\CCCCCCCCC)C(O)/C=C/CCCCCCCCCCCCC. The highest BCUT2D eigenvalue weighted by Gasteiger charge is 2.47. The normalized spacial score (nSPS) is 19.0. The molecule has 6 N–H and O–H groups in total. The van der Waals surface area contributed by atoms with Crippen molar-refractivity contribution in [3.8, 4) is 0 Å². The summed E-state index contributed by atoms with van der Waals surface area (Å²) in [6.45, 7) is 5.78. The van der Waals surface area contributed by atoms with Crippen molar-refractivity contribution in [2.75, 3.05) is 13.2 Å². The first-order valence-electron chi connectivity index (χ1n) is 34.6. The topological polar surface area (TPSA) is 175 Å². The maximum atomic E-state index is 13.5. The molecule has 11 nitrogen and oxygen atoms in total. The van der Waals surface area contributed by atoms with Gasteiger partial charge in [0.25, 0.3) is 0 Å². The monoisotopic (exact) mass is 1160 g/mol. The van der Waals surface area contributed by atoms with Crippen LogP contribution in [0.4, 0.5) is 0 Å². The van der Waals surface area contributed by atoms with Crippen molar-refractivity contribution in [3.05, 3.63) is 60.8 Å². The predicted octanol–water partition coefficient (Wildman–Crippen LogP) is 17.3. The fourth-order valence-corrected chi connectivity index (χ4v) is 10.7. The highest BCUT2D eigenvalue weighted by atomic mass is 16.7. The van der Waals surface area contributed by atoms with E-state index >= 15 is 0 Å². The Morgan fingerprint density at radius 1 is 0.476 bits per heavy atom. The molecule has 82 heavy (non-hydrogen) atoms. The van der Waals surface area contributed by atoms with Gasteiger partial charge in [0, 0.05) is 6.42 Å². The molecule has 0 radical (unpaired) electrons. The molecule has 478 valence electrons. The van der Waals surface area contributed by atoms with Crippen LogP contribution >= 0.6 is 0 Å². The first-order chi connectivity index (χ1) is 40.2. The lowest BCUT2D eigenvalue weighted by Crippen LogP contribution is -2.61. The number of nitrogens with one attached hydrogen (secondary N) is 1. The number of esters is 1. The van der Waals surface area contributed by atoms with Crippen molar-refractivity contribution in [1.29, 1.82) is 0 Å². The third-order valence-corrected chi connectivity index (χ3v) is 16.1. The van der Waals surface area contributed by atoms with E-state index in [2.05, 4.69) is 74.7 Å². The number of ether oxygens (including phenoxy) is 3. The van der Waals surface area contributed by atoms with Crippen LogP contribution in [0.5, 0.6) is 0 Å². The minimum absolute atomic E-state index is 0.104. The molecule has 11 heteroatoms. The maximum absolute atomic E-state index is 13.5. The van der Waals surface area contributed by atoms with Gasteiger partial charge in [-0.3, -0.25) is 9.59 Å². The third kappa shape index (κ3) is 45.7. The van der Waals surface area contributed by atoms with E-state index in [-0.39, 0.29) is 19.4 Å². The Morgan fingerprint density at radius 3 is 1.29 bits per heavy atom. The highest BCUT2D eigenvalue weighted by Crippen LogP contribution is 2.26. The molecule has 1 amide bonds. The molecule has 1 rings (SSSR count). The molecule has 1 heterocycles. The summed E-state index contributed by atoms with van der Waals surface area (Å²) in [4.78, 5) is 26.6. The van der Waals surface area contributed by atoms with Gasteiger partial charge in [-0.05, 0) is 89.9 Å². The number of aliphatic hydroxyl groups excluding tert-OH is 5. The Balaban J connectivity index is 2.58. The van der Waals surface area contributed by atoms with Gasteiger partial charge in [0.1, 0.15) is 24.4 Å². The molecular formula is C71H129NO10. The number of carbonyl (C=O) groups excluding carboxylic acids is 2. The third-order valence-electron chi connectivity index (χ3n) is 16.1. The minimum atomic E-state index is -1.62. The van der Waals surface area contributed by atoms with Gasteiger partial charge >= 0.3 is 5.97 Å². The molecule has 0 saturated carbocycles. The molecule has 1 aliphatic rings. The van der Waals surface area contributed by atoms with E-state index in [9.17, 15) is 35.1 Å². The molecule has 1 saturated heterocycles. The van der Waals surface area contributed by atoms with Gasteiger partial charge in [-0.2, -0.15) is 0 Å². The Labute approximate surface area is 503 Å². The first kappa shape index (κ1) is 77.4. The number of hydrogen-bond acceptors (Lipinski definition) is 10. The van der Waals surface area contributed by atoms with Crippen molar-refractivity contribution in [1.82, 2.24) is 5.32 Å². The molecule has 0 bridgehead atoms. The van der Waals surface area contributed by atoms with Gasteiger partial charge in [0.15, 0.2) is 12.4 Å². The van der Waals surface area contributed by atoms with E-state index in [4.69, 9.17) is 14.2 Å². The van der Waals surface area contributed by atoms with Crippen molar-refractivity contribution >= 4 is 11.9 Å².